The summed E-state index contributed by atoms with van der Waals surface area (Å²) in [5, 5.41) is 0. The molecule has 0 N–H and O–H groups in total. The Bertz CT molecular complexity index is 281. The van der Waals surface area contributed by atoms with Gasteiger partial charge in [0, 0.05) is 16.5 Å². The van der Waals surface area contributed by atoms with Gasteiger partial charge in [-0.25, -0.2) is 0 Å². The molecule has 1 aromatic carbocycles. The van der Waals surface area contributed by atoms with Crippen LogP contribution in [0.15, 0.2) is 29.2 Å². The molecule has 0 fully saturated rings. The topological polar surface area (TPSA) is 0 Å². The number of rotatable bonds is 3. The molecule has 0 saturated heterocycles. The molecule has 0 spiro atoms. The van der Waals surface area contributed by atoms with Crippen molar-refractivity contribution in [2.45, 2.75) is 11.1 Å². The summed E-state index contributed by atoms with van der Waals surface area (Å²) in [5.74, 6) is 1.19. The molecule has 14 heavy (non-hydrogen) atoms. The van der Waals surface area contributed by atoms with Crippen molar-refractivity contribution in [2.75, 3.05) is 11.6 Å². The van der Waals surface area contributed by atoms with Crippen molar-refractivity contribution in [3.8, 4) is 0 Å². The zero-order valence-corrected chi connectivity index (χ0v) is 8.72. The van der Waals surface area contributed by atoms with Crippen molar-refractivity contribution in [3.05, 3.63) is 29.8 Å². The molecule has 1 rings (SSSR count). The van der Waals surface area contributed by atoms with Gasteiger partial charge in [0.05, 0.1) is 5.56 Å². The maximum absolute atomic E-state index is 12.1. The molecule has 0 amide bonds. The summed E-state index contributed by atoms with van der Waals surface area (Å²) >= 11 is 6.89. The SMILES string of the molecule is FC(F)(F)c1ccc(SCCCl)cc1. The van der Waals surface area contributed by atoms with Crippen LogP contribution in [0.25, 0.3) is 0 Å². The summed E-state index contributed by atoms with van der Waals surface area (Å²) in [6.45, 7) is 0. The average molecular weight is 241 g/mol. The molecule has 0 aliphatic rings. The molecule has 1 aromatic rings. The molecule has 0 aliphatic carbocycles. The number of halogens is 4. The Morgan fingerprint density at radius 3 is 2.14 bits per heavy atom. The van der Waals surface area contributed by atoms with Gasteiger partial charge in [0.15, 0.2) is 0 Å². The Morgan fingerprint density at radius 1 is 1.14 bits per heavy atom. The Balaban J connectivity index is 2.69. The molecule has 0 atom stereocenters. The largest absolute Gasteiger partial charge is 0.416 e. The van der Waals surface area contributed by atoms with Crippen LogP contribution in [0.3, 0.4) is 0 Å². The second-order valence-corrected chi connectivity index (χ2v) is 4.11. The fourth-order valence-electron chi connectivity index (χ4n) is 0.897. The lowest BCUT2D eigenvalue weighted by molar-refractivity contribution is -0.137. The standard InChI is InChI=1S/C9H8ClF3S/c10-5-6-14-8-3-1-7(2-4-8)9(11,12)13/h1-4H,5-6H2. The lowest BCUT2D eigenvalue weighted by atomic mass is 10.2. The molecule has 0 aromatic heterocycles. The quantitative estimate of drug-likeness (QED) is 0.568. The normalized spacial score (nSPS) is 11.7. The van der Waals surface area contributed by atoms with E-state index in [0.29, 0.717) is 11.6 Å². The highest BCUT2D eigenvalue weighted by Gasteiger charge is 2.29. The zero-order valence-electron chi connectivity index (χ0n) is 7.14. The first-order valence-corrected chi connectivity index (χ1v) is 5.42. The molecule has 0 aliphatic heterocycles. The van der Waals surface area contributed by atoms with E-state index in [4.69, 9.17) is 11.6 Å². The van der Waals surface area contributed by atoms with Crippen LogP contribution in [0.5, 0.6) is 0 Å². The molecule has 5 heteroatoms. The third-order valence-corrected chi connectivity index (χ3v) is 2.95. The van der Waals surface area contributed by atoms with E-state index in [2.05, 4.69) is 0 Å². The van der Waals surface area contributed by atoms with Crippen LogP contribution in [0.2, 0.25) is 0 Å². The second kappa shape index (κ2) is 4.94. The van der Waals surface area contributed by atoms with Gasteiger partial charge in [-0.1, -0.05) is 0 Å². The summed E-state index contributed by atoms with van der Waals surface area (Å²) < 4.78 is 36.4. The van der Waals surface area contributed by atoms with Crippen LogP contribution in [0.1, 0.15) is 5.56 Å². The number of hydrogen-bond donors (Lipinski definition) is 0. The summed E-state index contributed by atoms with van der Waals surface area (Å²) in [4.78, 5) is 0.804. The minimum Gasteiger partial charge on any atom is -0.166 e. The Labute approximate surface area is 89.4 Å². The minimum atomic E-state index is -4.25. The number of benzene rings is 1. The van der Waals surface area contributed by atoms with Crippen LogP contribution in [-0.4, -0.2) is 11.6 Å². The zero-order chi connectivity index (χ0) is 10.6. The van der Waals surface area contributed by atoms with Crippen molar-refractivity contribution in [1.29, 1.82) is 0 Å². The molecule has 0 heterocycles. The van der Waals surface area contributed by atoms with Crippen LogP contribution in [-0.2, 0) is 6.18 Å². The second-order valence-electron chi connectivity index (χ2n) is 2.56. The van der Waals surface area contributed by atoms with E-state index < -0.39 is 11.7 Å². The third-order valence-electron chi connectivity index (χ3n) is 1.53. The average Bonchev–Trinajstić information content (AvgIpc) is 2.14. The Kier molecular flexibility index (Phi) is 4.13. The van der Waals surface area contributed by atoms with Gasteiger partial charge in [0.2, 0.25) is 0 Å². The van der Waals surface area contributed by atoms with Gasteiger partial charge in [-0.05, 0) is 24.3 Å². The van der Waals surface area contributed by atoms with Gasteiger partial charge in [-0.3, -0.25) is 0 Å². The Hall–Kier alpha value is -0.350. The first-order chi connectivity index (χ1) is 6.54. The van der Waals surface area contributed by atoms with Gasteiger partial charge in [0.1, 0.15) is 0 Å². The number of hydrogen-bond acceptors (Lipinski definition) is 1. The highest BCUT2D eigenvalue weighted by atomic mass is 35.5. The fraction of sp³-hybridized carbons (Fsp3) is 0.333. The molecule has 0 saturated carbocycles. The predicted molar refractivity (Wildman–Crippen MR) is 52.9 cm³/mol. The van der Waals surface area contributed by atoms with Crippen molar-refractivity contribution < 1.29 is 13.2 Å². The highest BCUT2D eigenvalue weighted by Crippen LogP contribution is 2.30. The first kappa shape index (κ1) is 11.7. The fourth-order valence-corrected chi connectivity index (χ4v) is 1.77. The lowest BCUT2D eigenvalue weighted by Gasteiger charge is -2.06. The van der Waals surface area contributed by atoms with Crippen LogP contribution >= 0.6 is 23.4 Å². The molecular formula is C9H8ClF3S. The number of alkyl halides is 4. The maximum Gasteiger partial charge on any atom is 0.416 e. The molecule has 0 radical (unpaired) electrons. The lowest BCUT2D eigenvalue weighted by Crippen LogP contribution is -2.03. The van der Waals surface area contributed by atoms with Crippen LogP contribution < -0.4 is 0 Å². The summed E-state index contributed by atoms with van der Waals surface area (Å²) in [6.07, 6.45) is -4.25. The molecule has 0 unspecified atom stereocenters. The van der Waals surface area contributed by atoms with Gasteiger partial charge < -0.3 is 0 Å². The van der Waals surface area contributed by atoms with Crippen molar-refractivity contribution in [1.82, 2.24) is 0 Å². The molecule has 78 valence electrons. The highest BCUT2D eigenvalue weighted by molar-refractivity contribution is 7.99. The first-order valence-electron chi connectivity index (χ1n) is 3.90. The molecule has 0 nitrogen and oxygen atoms in total. The van der Waals surface area contributed by atoms with E-state index in [9.17, 15) is 13.2 Å². The minimum absolute atomic E-state index is 0.492. The molecular weight excluding hydrogens is 233 g/mol. The summed E-state index contributed by atoms with van der Waals surface area (Å²) in [6, 6.07) is 5.08. The van der Waals surface area contributed by atoms with Gasteiger partial charge in [-0.2, -0.15) is 13.2 Å². The van der Waals surface area contributed by atoms with Gasteiger partial charge >= 0.3 is 6.18 Å². The number of thioether (sulfide) groups is 1. The van der Waals surface area contributed by atoms with Gasteiger partial charge in [-0.15, -0.1) is 23.4 Å². The van der Waals surface area contributed by atoms with Crippen LogP contribution in [0.4, 0.5) is 13.2 Å². The van der Waals surface area contributed by atoms with Crippen molar-refractivity contribution in [2.24, 2.45) is 0 Å². The van der Waals surface area contributed by atoms with E-state index in [1.54, 1.807) is 0 Å². The van der Waals surface area contributed by atoms with E-state index in [1.165, 1.54) is 23.9 Å². The predicted octanol–water partition coefficient (Wildman–Crippen LogP) is 4.04. The van der Waals surface area contributed by atoms with Crippen LogP contribution in [0, 0.1) is 0 Å². The van der Waals surface area contributed by atoms with E-state index in [-0.39, 0.29) is 0 Å². The third kappa shape index (κ3) is 3.42. The van der Waals surface area contributed by atoms with E-state index >= 15 is 0 Å². The van der Waals surface area contributed by atoms with Gasteiger partial charge in [0.25, 0.3) is 0 Å². The van der Waals surface area contributed by atoms with Crippen molar-refractivity contribution >= 4 is 23.4 Å². The van der Waals surface area contributed by atoms with E-state index in [0.717, 1.165) is 17.0 Å². The smallest absolute Gasteiger partial charge is 0.166 e. The maximum atomic E-state index is 12.1. The Morgan fingerprint density at radius 2 is 1.71 bits per heavy atom. The van der Waals surface area contributed by atoms with E-state index in [1.807, 2.05) is 0 Å². The summed E-state index contributed by atoms with van der Waals surface area (Å²) in [7, 11) is 0. The molecule has 0 bridgehead atoms. The van der Waals surface area contributed by atoms with Crippen molar-refractivity contribution in [3.63, 3.8) is 0 Å². The summed E-state index contributed by atoms with van der Waals surface area (Å²) in [5.41, 5.74) is -0.618. The monoisotopic (exact) mass is 240 g/mol.